The number of alkyl halides is 2. The van der Waals surface area contributed by atoms with Crippen molar-refractivity contribution in [2.45, 2.75) is 25.5 Å². The lowest BCUT2D eigenvalue weighted by molar-refractivity contribution is -0.0504. The molecule has 1 aromatic carbocycles. The van der Waals surface area contributed by atoms with Gasteiger partial charge in [0.2, 0.25) is 0 Å². The molecule has 0 bridgehead atoms. The van der Waals surface area contributed by atoms with E-state index in [0.29, 0.717) is 22.5 Å². The van der Waals surface area contributed by atoms with Gasteiger partial charge < -0.3 is 15.0 Å². The van der Waals surface area contributed by atoms with Crippen LogP contribution in [-0.4, -0.2) is 47.4 Å². The van der Waals surface area contributed by atoms with Gasteiger partial charge >= 0.3 is 6.61 Å². The number of guanidine groups is 1. The molecule has 1 N–H and O–H groups in total. The Kier molecular flexibility index (Phi) is 8.29. The Labute approximate surface area is 184 Å². The lowest BCUT2D eigenvalue weighted by Gasteiger charge is -2.22. The molecule has 1 saturated heterocycles. The molecule has 6 nitrogen and oxygen atoms in total. The largest absolute Gasteiger partial charge is 0.434 e. The predicted octanol–water partition coefficient (Wildman–Crippen LogP) is 3.86. The number of benzene rings is 1. The second-order valence-corrected chi connectivity index (χ2v) is 6.85. The Morgan fingerprint density at radius 3 is 2.89 bits per heavy atom. The maximum atomic E-state index is 12.6. The Bertz CT molecular complexity index is 817. The topological polar surface area (TPSA) is 54.7 Å². The number of aryl methyl sites for hydroxylation is 1. The predicted molar refractivity (Wildman–Crippen MR) is 116 cm³/mol. The van der Waals surface area contributed by atoms with Gasteiger partial charge in [-0.25, -0.2) is 0 Å². The van der Waals surface area contributed by atoms with Crippen LogP contribution in [0, 0.1) is 0 Å². The smallest absolute Gasteiger partial charge is 0.387 e. The first-order chi connectivity index (χ1) is 13.0. The molecule has 2 heterocycles. The van der Waals surface area contributed by atoms with Crippen molar-refractivity contribution < 1.29 is 13.5 Å². The minimum absolute atomic E-state index is 0. The van der Waals surface area contributed by atoms with Crippen LogP contribution in [0.3, 0.4) is 0 Å². The molecule has 10 heteroatoms. The zero-order chi connectivity index (χ0) is 19.4. The fraction of sp³-hybridized carbons (Fsp3) is 0.444. The highest BCUT2D eigenvalue weighted by atomic mass is 127. The lowest BCUT2D eigenvalue weighted by Crippen LogP contribution is -2.39. The molecule has 154 valence electrons. The van der Waals surface area contributed by atoms with Crippen LogP contribution in [0.25, 0.3) is 0 Å². The van der Waals surface area contributed by atoms with E-state index in [9.17, 15) is 8.78 Å². The van der Waals surface area contributed by atoms with Gasteiger partial charge in [-0.15, -0.1) is 24.0 Å². The van der Waals surface area contributed by atoms with Crippen LogP contribution in [0.2, 0.25) is 5.02 Å². The highest BCUT2D eigenvalue weighted by molar-refractivity contribution is 14.0. The molecule has 0 amide bonds. The fourth-order valence-electron chi connectivity index (χ4n) is 3.28. The summed E-state index contributed by atoms with van der Waals surface area (Å²) >= 11 is 6.00. The van der Waals surface area contributed by atoms with E-state index in [1.54, 1.807) is 17.8 Å². The van der Waals surface area contributed by atoms with Crippen molar-refractivity contribution >= 4 is 41.5 Å². The Morgan fingerprint density at radius 2 is 2.25 bits per heavy atom. The summed E-state index contributed by atoms with van der Waals surface area (Å²) in [5.74, 6) is 1.21. The number of aromatic nitrogens is 2. The van der Waals surface area contributed by atoms with E-state index < -0.39 is 6.61 Å². The maximum absolute atomic E-state index is 12.6. The molecule has 0 saturated carbocycles. The van der Waals surface area contributed by atoms with Gasteiger partial charge in [0.1, 0.15) is 5.75 Å². The lowest BCUT2D eigenvalue weighted by atomic mass is 10.0. The van der Waals surface area contributed by atoms with Gasteiger partial charge in [-0.05, 0) is 30.2 Å². The number of aliphatic imine (C=N–C) groups is 1. The number of nitrogens with zero attached hydrogens (tertiary/aromatic N) is 4. The van der Waals surface area contributed by atoms with Crippen LogP contribution >= 0.6 is 35.6 Å². The summed E-state index contributed by atoms with van der Waals surface area (Å²) < 4.78 is 31.6. The second-order valence-electron chi connectivity index (χ2n) is 6.41. The summed E-state index contributed by atoms with van der Waals surface area (Å²) in [6.45, 7) is -0.928. The molecule has 28 heavy (non-hydrogen) atoms. The fourth-order valence-corrected chi connectivity index (χ4v) is 3.47. The maximum Gasteiger partial charge on any atom is 0.387 e. The Balaban J connectivity index is 0.00000280. The average molecular weight is 526 g/mol. The third-order valence-corrected chi connectivity index (χ3v) is 4.81. The monoisotopic (exact) mass is 525 g/mol. The zero-order valence-electron chi connectivity index (χ0n) is 15.6. The average Bonchev–Trinajstić information content (AvgIpc) is 3.26. The minimum atomic E-state index is -2.89. The van der Waals surface area contributed by atoms with Gasteiger partial charge in [-0.1, -0.05) is 11.6 Å². The summed E-state index contributed by atoms with van der Waals surface area (Å²) in [5, 5.41) is 7.91. The molecule has 1 aliphatic heterocycles. The van der Waals surface area contributed by atoms with E-state index in [2.05, 4.69) is 25.0 Å². The number of halogens is 4. The standard InChI is InChI=1S/C18H22ClF2N5O.HI/c1-22-18(26-6-5-12(11-26)14-9-24-25(2)10-14)23-8-13-7-15(19)3-4-16(13)27-17(20)21;/h3-4,7,9-10,12,17H,5-6,8,11H2,1-2H3,(H,22,23);1H. The number of rotatable bonds is 5. The number of hydrogen-bond donors (Lipinski definition) is 1. The van der Waals surface area contributed by atoms with Crippen molar-refractivity contribution in [1.29, 1.82) is 0 Å². The molecule has 3 rings (SSSR count). The summed E-state index contributed by atoms with van der Waals surface area (Å²) in [4.78, 5) is 6.47. The number of ether oxygens (including phenoxy) is 1. The van der Waals surface area contributed by atoms with E-state index in [4.69, 9.17) is 11.6 Å². The third kappa shape index (κ3) is 5.69. The molecule has 0 radical (unpaired) electrons. The summed E-state index contributed by atoms with van der Waals surface area (Å²) in [5.41, 5.74) is 1.75. The molecular formula is C18H23ClF2IN5O. The van der Waals surface area contributed by atoms with Crippen molar-refractivity contribution in [2.75, 3.05) is 20.1 Å². The summed E-state index contributed by atoms with van der Waals surface area (Å²) in [7, 11) is 3.61. The van der Waals surface area contributed by atoms with E-state index in [-0.39, 0.29) is 36.3 Å². The zero-order valence-corrected chi connectivity index (χ0v) is 18.7. The summed E-state index contributed by atoms with van der Waals surface area (Å²) in [6, 6.07) is 4.58. The van der Waals surface area contributed by atoms with Crippen molar-refractivity contribution in [2.24, 2.45) is 12.0 Å². The minimum Gasteiger partial charge on any atom is -0.434 e. The van der Waals surface area contributed by atoms with Crippen LogP contribution < -0.4 is 10.1 Å². The summed E-state index contributed by atoms with van der Waals surface area (Å²) in [6.07, 6.45) is 4.93. The third-order valence-electron chi connectivity index (χ3n) is 4.57. The molecule has 1 fully saturated rings. The van der Waals surface area contributed by atoms with Crippen molar-refractivity contribution in [3.05, 3.63) is 46.7 Å². The molecule has 0 spiro atoms. The number of likely N-dealkylation sites (tertiary alicyclic amines) is 1. The highest BCUT2D eigenvalue weighted by Gasteiger charge is 2.27. The molecule has 1 aliphatic rings. The second kappa shape index (κ2) is 10.2. The van der Waals surface area contributed by atoms with E-state index >= 15 is 0 Å². The number of nitrogens with one attached hydrogen (secondary N) is 1. The number of hydrogen-bond acceptors (Lipinski definition) is 3. The van der Waals surface area contributed by atoms with Crippen molar-refractivity contribution in [3.63, 3.8) is 0 Å². The van der Waals surface area contributed by atoms with Gasteiger partial charge in [0.15, 0.2) is 5.96 Å². The van der Waals surface area contributed by atoms with Gasteiger partial charge in [-0.2, -0.15) is 13.9 Å². The van der Waals surface area contributed by atoms with Gasteiger partial charge in [0, 0.05) is 56.4 Å². The first kappa shape index (κ1) is 22.7. The molecule has 2 aromatic rings. The van der Waals surface area contributed by atoms with Gasteiger partial charge in [0.25, 0.3) is 0 Å². The van der Waals surface area contributed by atoms with Crippen LogP contribution in [0.4, 0.5) is 8.78 Å². The van der Waals surface area contributed by atoms with E-state index in [1.807, 2.05) is 19.4 Å². The first-order valence-corrected chi connectivity index (χ1v) is 9.01. The van der Waals surface area contributed by atoms with Crippen LogP contribution in [-0.2, 0) is 13.6 Å². The normalized spacial score (nSPS) is 17.0. The van der Waals surface area contributed by atoms with Crippen LogP contribution in [0.15, 0.2) is 35.6 Å². The Hall–Kier alpha value is -1.62. The highest BCUT2D eigenvalue weighted by Crippen LogP contribution is 2.27. The van der Waals surface area contributed by atoms with Crippen molar-refractivity contribution in [1.82, 2.24) is 20.0 Å². The van der Waals surface area contributed by atoms with Crippen molar-refractivity contribution in [3.8, 4) is 5.75 Å². The Morgan fingerprint density at radius 1 is 1.46 bits per heavy atom. The van der Waals surface area contributed by atoms with Crippen LogP contribution in [0.5, 0.6) is 5.75 Å². The molecule has 1 unspecified atom stereocenters. The molecule has 0 aliphatic carbocycles. The first-order valence-electron chi connectivity index (χ1n) is 8.63. The van der Waals surface area contributed by atoms with Gasteiger partial charge in [-0.3, -0.25) is 9.67 Å². The molecule has 1 aromatic heterocycles. The quantitative estimate of drug-likeness (QED) is 0.366. The van der Waals surface area contributed by atoms with E-state index in [0.717, 1.165) is 19.5 Å². The van der Waals surface area contributed by atoms with Crippen LogP contribution in [0.1, 0.15) is 23.5 Å². The molecule has 1 atom stereocenters. The molecular weight excluding hydrogens is 503 g/mol. The SMILES string of the molecule is CN=C(NCc1cc(Cl)ccc1OC(F)F)N1CCC(c2cnn(C)c2)C1.I. The van der Waals surface area contributed by atoms with E-state index in [1.165, 1.54) is 17.7 Å². The van der Waals surface area contributed by atoms with Gasteiger partial charge in [0.05, 0.1) is 6.20 Å².